The molecule has 0 atom stereocenters. The molecule has 1 aliphatic rings. The molecule has 0 radical (unpaired) electrons. The molecule has 84 valence electrons. The first-order valence-electron chi connectivity index (χ1n) is 5.33. The summed E-state index contributed by atoms with van der Waals surface area (Å²) in [6, 6.07) is 11.1. The number of para-hydroxylation sites is 1. The van der Waals surface area contributed by atoms with Crippen LogP contribution in [0.3, 0.4) is 0 Å². The maximum atomic E-state index is 11.9. The van der Waals surface area contributed by atoms with Gasteiger partial charge in [0.1, 0.15) is 5.69 Å². The van der Waals surface area contributed by atoms with Gasteiger partial charge in [0.15, 0.2) is 5.75 Å². The fourth-order valence-corrected chi connectivity index (χ4v) is 1.79. The monoisotopic (exact) mass is 226 g/mol. The van der Waals surface area contributed by atoms with Crippen LogP contribution in [0.4, 0.5) is 5.69 Å². The van der Waals surface area contributed by atoms with E-state index in [4.69, 9.17) is 4.84 Å². The Morgan fingerprint density at radius 2 is 2.06 bits per heavy atom. The molecule has 17 heavy (non-hydrogen) atoms. The number of amides is 1. The Morgan fingerprint density at radius 3 is 2.88 bits per heavy atom. The largest absolute Gasteiger partial charge is 0.372 e. The van der Waals surface area contributed by atoms with Crippen molar-refractivity contribution >= 4 is 11.6 Å². The highest BCUT2D eigenvalue weighted by molar-refractivity contribution is 5.94. The predicted octanol–water partition coefficient (Wildman–Crippen LogP) is 1.96. The van der Waals surface area contributed by atoms with E-state index < -0.39 is 0 Å². The second-order valence-corrected chi connectivity index (χ2v) is 3.78. The van der Waals surface area contributed by atoms with Crippen molar-refractivity contribution in [2.24, 2.45) is 0 Å². The standard InChI is InChI=1S/C13H10N2O2/c16-13-8-10-4-1-2-6-12(10)17-15(13)11-5-3-7-14-9-11/h1-7,9H,8H2. The maximum absolute atomic E-state index is 11.9. The predicted molar refractivity (Wildman–Crippen MR) is 62.5 cm³/mol. The molecule has 4 heteroatoms. The molecular formula is C13H10N2O2. The van der Waals surface area contributed by atoms with Gasteiger partial charge < -0.3 is 4.84 Å². The number of nitrogens with zero attached hydrogens (tertiary/aromatic N) is 2. The Labute approximate surface area is 98.4 Å². The molecule has 0 saturated carbocycles. The molecule has 1 aromatic carbocycles. The Bertz CT molecular complexity index is 554. The van der Waals surface area contributed by atoms with Gasteiger partial charge in [-0.25, -0.2) is 0 Å². The summed E-state index contributed by atoms with van der Waals surface area (Å²) in [5, 5.41) is 1.29. The second-order valence-electron chi connectivity index (χ2n) is 3.78. The van der Waals surface area contributed by atoms with Gasteiger partial charge in [-0.15, -0.1) is 5.06 Å². The van der Waals surface area contributed by atoms with Crippen LogP contribution in [0.2, 0.25) is 0 Å². The first kappa shape index (κ1) is 9.84. The SMILES string of the molecule is O=C1Cc2ccccc2ON1c1cccnc1. The minimum atomic E-state index is -0.0864. The number of pyridine rings is 1. The van der Waals surface area contributed by atoms with Crippen LogP contribution in [-0.2, 0) is 11.2 Å². The Kier molecular flexibility index (Phi) is 2.26. The highest BCUT2D eigenvalue weighted by Crippen LogP contribution is 2.27. The first-order chi connectivity index (χ1) is 8.34. The molecule has 2 heterocycles. The van der Waals surface area contributed by atoms with Gasteiger partial charge in [-0.2, -0.15) is 0 Å². The Morgan fingerprint density at radius 1 is 1.18 bits per heavy atom. The maximum Gasteiger partial charge on any atom is 0.264 e. The number of anilines is 1. The number of benzene rings is 1. The van der Waals surface area contributed by atoms with Crippen LogP contribution >= 0.6 is 0 Å². The van der Waals surface area contributed by atoms with Crippen molar-refractivity contribution in [2.75, 3.05) is 5.06 Å². The van der Waals surface area contributed by atoms with Crippen LogP contribution < -0.4 is 9.90 Å². The molecule has 4 nitrogen and oxygen atoms in total. The highest BCUT2D eigenvalue weighted by Gasteiger charge is 2.25. The van der Waals surface area contributed by atoms with Gasteiger partial charge in [0.2, 0.25) is 0 Å². The van der Waals surface area contributed by atoms with Crippen molar-refractivity contribution in [3.8, 4) is 5.75 Å². The van der Waals surface area contributed by atoms with E-state index >= 15 is 0 Å². The Balaban J connectivity index is 1.98. The third-order valence-electron chi connectivity index (χ3n) is 2.61. The van der Waals surface area contributed by atoms with Crippen LogP contribution in [0.1, 0.15) is 5.56 Å². The second kappa shape index (κ2) is 3.90. The highest BCUT2D eigenvalue weighted by atomic mass is 16.7. The Hall–Kier alpha value is -2.36. The molecule has 2 aromatic rings. The average Bonchev–Trinajstić information content (AvgIpc) is 2.39. The average molecular weight is 226 g/mol. The lowest BCUT2D eigenvalue weighted by Gasteiger charge is -2.27. The fraction of sp³-hybridized carbons (Fsp3) is 0.0769. The quantitative estimate of drug-likeness (QED) is 0.746. The molecule has 0 spiro atoms. The number of hydrogen-bond donors (Lipinski definition) is 0. The molecule has 0 saturated heterocycles. The van der Waals surface area contributed by atoms with Crippen LogP contribution in [0.5, 0.6) is 5.75 Å². The van der Waals surface area contributed by atoms with E-state index in [1.54, 1.807) is 24.5 Å². The van der Waals surface area contributed by atoms with E-state index in [-0.39, 0.29) is 5.91 Å². The van der Waals surface area contributed by atoms with Gasteiger partial charge in [0.05, 0.1) is 12.6 Å². The number of aromatic nitrogens is 1. The lowest BCUT2D eigenvalue weighted by atomic mass is 10.1. The number of fused-ring (bicyclic) bond motifs is 1. The first-order valence-corrected chi connectivity index (χ1v) is 5.33. The van der Waals surface area contributed by atoms with E-state index in [1.165, 1.54) is 5.06 Å². The van der Waals surface area contributed by atoms with Gasteiger partial charge in [0.25, 0.3) is 5.91 Å². The van der Waals surface area contributed by atoms with Gasteiger partial charge >= 0.3 is 0 Å². The van der Waals surface area contributed by atoms with Crippen molar-refractivity contribution in [2.45, 2.75) is 6.42 Å². The van der Waals surface area contributed by atoms with Crippen molar-refractivity contribution in [3.63, 3.8) is 0 Å². The van der Waals surface area contributed by atoms with E-state index in [9.17, 15) is 4.79 Å². The number of rotatable bonds is 1. The van der Waals surface area contributed by atoms with Crippen LogP contribution in [0.15, 0.2) is 48.8 Å². The summed E-state index contributed by atoms with van der Waals surface area (Å²) >= 11 is 0. The third-order valence-corrected chi connectivity index (χ3v) is 2.61. The van der Waals surface area contributed by atoms with Crippen LogP contribution in [-0.4, -0.2) is 10.9 Å². The molecule has 1 aliphatic heterocycles. The molecule has 3 rings (SSSR count). The third kappa shape index (κ3) is 1.73. The zero-order chi connectivity index (χ0) is 11.7. The van der Waals surface area contributed by atoms with Gasteiger partial charge in [-0.1, -0.05) is 18.2 Å². The van der Waals surface area contributed by atoms with Gasteiger partial charge in [-0.05, 0) is 18.2 Å². The molecular weight excluding hydrogens is 216 g/mol. The summed E-state index contributed by atoms with van der Waals surface area (Å²) in [6.07, 6.45) is 3.61. The van der Waals surface area contributed by atoms with Crippen molar-refractivity contribution in [3.05, 3.63) is 54.4 Å². The molecule has 0 fully saturated rings. The lowest BCUT2D eigenvalue weighted by Crippen LogP contribution is -2.39. The zero-order valence-corrected chi connectivity index (χ0v) is 9.04. The van der Waals surface area contributed by atoms with E-state index in [0.717, 1.165) is 11.3 Å². The number of hydrogen-bond acceptors (Lipinski definition) is 3. The van der Waals surface area contributed by atoms with Gasteiger partial charge in [0, 0.05) is 11.8 Å². The van der Waals surface area contributed by atoms with Crippen LogP contribution in [0, 0.1) is 0 Å². The molecule has 0 aliphatic carbocycles. The molecule has 0 bridgehead atoms. The number of hydroxylamine groups is 1. The minimum Gasteiger partial charge on any atom is -0.372 e. The summed E-state index contributed by atoms with van der Waals surface area (Å²) in [5.41, 5.74) is 1.56. The summed E-state index contributed by atoms with van der Waals surface area (Å²) in [4.78, 5) is 21.5. The molecule has 0 unspecified atom stereocenters. The summed E-state index contributed by atoms with van der Waals surface area (Å²) in [5.74, 6) is 0.632. The van der Waals surface area contributed by atoms with E-state index in [2.05, 4.69) is 4.98 Å². The van der Waals surface area contributed by atoms with Crippen molar-refractivity contribution < 1.29 is 9.63 Å². The summed E-state index contributed by atoms with van der Waals surface area (Å²) < 4.78 is 0. The zero-order valence-electron chi connectivity index (χ0n) is 9.04. The smallest absolute Gasteiger partial charge is 0.264 e. The van der Waals surface area contributed by atoms with Crippen molar-refractivity contribution in [1.82, 2.24) is 4.98 Å². The summed E-state index contributed by atoms with van der Waals surface area (Å²) in [6.45, 7) is 0. The van der Waals surface area contributed by atoms with Crippen molar-refractivity contribution in [1.29, 1.82) is 0 Å². The normalized spacial score (nSPS) is 14.1. The lowest BCUT2D eigenvalue weighted by molar-refractivity contribution is -0.123. The molecule has 1 amide bonds. The van der Waals surface area contributed by atoms with Gasteiger partial charge in [-0.3, -0.25) is 9.78 Å². The topological polar surface area (TPSA) is 42.4 Å². The van der Waals surface area contributed by atoms with E-state index in [0.29, 0.717) is 12.1 Å². The molecule has 0 N–H and O–H groups in total. The number of carbonyl (C=O) groups excluding carboxylic acids is 1. The fourth-order valence-electron chi connectivity index (χ4n) is 1.79. The van der Waals surface area contributed by atoms with E-state index in [1.807, 2.05) is 24.3 Å². The minimum absolute atomic E-state index is 0.0864. The molecule has 1 aromatic heterocycles. The number of carbonyl (C=O) groups is 1. The van der Waals surface area contributed by atoms with Crippen LogP contribution in [0.25, 0.3) is 0 Å². The summed E-state index contributed by atoms with van der Waals surface area (Å²) in [7, 11) is 0.